The second-order valence-electron chi connectivity index (χ2n) is 10.9. The van der Waals surface area contributed by atoms with Crippen LogP contribution in [0.25, 0.3) is 65.3 Å². The first-order valence-corrected chi connectivity index (χ1v) is 15.7. The Kier molecular flexibility index (Phi) is 5.99. The Morgan fingerprint density at radius 2 is 0.619 bits per heavy atom. The maximum atomic E-state index is 13.8. The van der Waals surface area contributed by atoms with Gasteiger partial charge < -0.3 is 4.57 Å². The molecule has 0 saturated heterocycles. The highest BCUT2D eigenvalue weighted by Gasteiger charge is 2.14. The SMILES string of the molecule is O=[PH](c1ccc(-c2c3ccccc3cc3ccccc23)cc1)c1ccc(-c2c3ccccc3cc3ccccc23)cc1. The molecule has 1 nitrogen and oxygen atoms in total. The Labute approximate surface area is 245 Å². The van der Waals surface area contributed by atoms with E-state index in [4.69, 9.17) is 0 Å². The third kappa shape index (κ3) is 4.14. The van der Waals surface area contributed by atoms with Crippen molar-refractivity contribution >= 4 is 61.5 Å². The Morgan fingerprint density at radius 3 is 0.929 bits per heavy atom. The van der Waals surface area contributed by atoms with Gasteiger partial charge in [-0.1, -0.05) is 146 Å². The zero-order chi connectivity index (χ0) is 28.0. The monoisotopic (exact) mass is 554 g/mol. The molecule has 0 heterocycles. The standard InChI is InChI=1S/C40H27OP/c41-42(33-21-17-27(18-22-33)39-35-13-5-1-9-29(35)25-30-10-2-6-14-36(30)39)34-23-19-28(20-24-34)40-37-15-7-3-11-31(37)26-32-12-4-8-16-38(32)40/h1-26,42H. The van der Waals surface area contributed by atoms with Gasteiger partial charge in [-0.15, -0.1) is 0 Å². The molecule has 0 atom stereocenters. The summed E-state index contributed by atoms with van der Waals surface area (Å²) < 4.78 is 13.8. The Hall–Kier alpha value is -4.97. The van der Waals surface area contributed by atoms with E-state index < -0.39 is 7.80 Å². The first kappa shape index (κ1) is 24.8. The van der Waals surface area contributed by atoms with Gasteiger partial charge in [-0.05, 0) is 77.5 Å². The Morgan fingerprint density at radius 1 is 0.333 bits per heavy atom. The van der Waals surface area contributed by atoms with Crippen molar-refractivity contribution in [1.82, 2.24) is 0 Å². The van der Waals surface area contributed by atoms with Gasteiger partial charge in [0.05, 0.1) is 0 Å². The molecule has 0 aliphatic heterocycles. The van der Waals surface area contributed by atoms with Gasteiger partial charge in [-0.2, -0.15) is 0 Å². The molecule has 0 unspecified atom stereocenters. The summed E-state index contributed by atoms with van der Waals surface area (Å²) in [7, 11) is -2.16. The molecule has 0 spiro atoms. The van der Waals surface area contributed by atoms with Crippen LogP contribution >= 0.6 is 7.80 Å². The van der Waals surface area contributed by atoms with Gasteiger partial charge in [0.1, 0.15) is 7.80 Å². The van der Waals surface area contributed by atoms with E-state index in [2.05, 4.69) is 133 Å². The number of hydrogen-bond donors (Lipinski definition) is 0. The topological polar surface area (TPSA) is 17.1 Å². The summed E-state index contributed by atoms with van der Waals surface area (Å²) in [5, 5.41) is 11.6. The van der Waals surface area contributed by atoms with Gasteiger partial charge in [0.25, 0.3) is 0 Å². The Bertz CT molecular complexity index is 2030. The van der Waals surface area contributed by atoms with Crippen molar-refractivity contribution in [2.24, 2.45) is 0 Å². The van der Waals surface area contributed by atoms with E-state index >= 15 is 0 Å². The predicted molar refractivity (Wildman–Crippen MR) is 182 cm³/mol. The number of rotatable bonds is 4. The lowest BCUT2D eigenvalue weighted by Gasteiger charge is -2.13. The molecular formula is C40H27OP. The minimum absolute atomic E-state index is 0.872. The molecule has 0 aliphatic rings. The molecule has 0 radical (unpaired) electrons. The molecule has 8 aromatic rings. The van der Waals surface area contributed by atoms with E-state index in [1.54, 1.807) is 0 Å². The van der Waals surface area contributed by atoms with E-state index in [9.17, 15) is 4.57 Å². The van der Waals surface area contributed by atoms with Crippen LogP contribution in [0.15, 0.2) is 158 Å². The summed E-state index contributed by atoms with van der Waals surface area (Å²) in [6.07, 6.45) is 0. The summed E-state index contributed by atoms with van der Waals surface area (Å²) in [6.45, 7) is 0. The van der Waals surface area contributed by atoms with Crippen molar-refractivity contribution in [3.63, 3.8) is 0 Å². The lowest BCUT2D eigenvalue weighted by molar-refractivity contribution is 0.598. The quantitative estimate of drug-likeness (QED) is 0.156. The van der Waals surface area contributed by atoms with Crippen LogP contribution in [-0.4, -0.2) is 0 Å². The van der Waals surface area contributed by atoms with Crippen molar-refractivity contribution in [2.45, 2.75) is 0 Å². The fourth-order valence-electron chi connectivity index (χ4n) is 6.39. The molecule has 8 rings (SSSR count). The smallest absolute Gasteiger partial charge is 0.131 e. The first-order valence-electron chi connectivity index (χ1n) is 14.3. The highest BCUT2D eigenvalue weighted by Crippen LogP contribution is 2.38. The molecule has 0 aromatic heterocycles. The van der Waals surface area contributed by atoms with Gasteiger partial charge in [-0.3, -0.25) is 0 Å². The molecule has 0 saturated carbocycles. The van der Waals surface area contributed by atoms with Gasteiger partial charge in [0.2, 0.25) is 0 Å². The molecule has 0 bridgehead atoms. The molecular weight excluding hydrogens is 527 g/mol. The minimum atomic E-state index is -2.16. The van der Waals surface area contributed by atoms with Crippen LogP contribution in [0.4, 0.5) is 0 Å². The number of fused-ring (bicyclic) bond motifs is 4. The predicted octanol–water partition coefficient (Wildman–Crippen LogP) is 10.1. The van der Waals surface area contributed by atoms with Crippen LogP contribution in [0, 0.1) is 0 Å². The van der Waals surface area contributed by atoms with Crippen molar-refractivity contribution in [3.8, 4) is 22.3 Å². The highest BCUT2D eigenvalue weighted by molar-refractivity contribution is 7.61. The average molecular weight is 555 g/mol. The largest absolute Gasteiger partial charge is 0.317 e. The first-order chi connectivity index (χ1) is 20.7. The zero-order valence-electron chi connectivity index (χ0n) is 22.9. The summed E-state index contributed by atoms with van der Waals surface area (Å²) in [5.74, 6) is 0. The fraction of sp³-hybridized carbons (Fsp3) is 0. The van der Waals surface area contributed by atoms with Crippen LogP contribution in [0.2, 0.25) is 0 Å². The van der Waals surface area contributed by atoms with Gasteiger partial charge >= 0.3 is 0 Å². The van der Waals surface area contributed by atoms with E-state index in [1.807, 2.05) is 24.3 Å². The Balaban J connectivity index is 1.16. The highest BCUT2D eigenvalue weighted by atomic mass is 31.1. The molecule has 2 heteroatoms. The fourth-order valence-corrected chi connectivity index (χ4v) is 7.66. The maximum absolute atomic E-state index is 13.8. The van der Waals surface area contributed by atoms with Crippen molar-refractivity contribution < 1.29 is 4.57 Å². The lowest BCUT2D eigenvalue weighted by Crippen LogP contribution is -2.06. The molecule has 42 heavy (non-hydrogen) atoms. The number of hydrogen-bond acceptors (Lipinski definition) is 1. The average Bonchev–Trinajstić information content (AvgIpc) is 3.06. The van der Waals surface area contributed by atoms with Crippen LogP contribution in [0.1, 0.15) is 0 Å². The third-order valence-corrected chi connectivity index (χ3v) is 10.1. The van der Waals surface area contributed by atoms with Gasteiger partial charge in [0, 0.05) is 10.6 Å². The molecule has 0 amide bonds. The molecule has 0 aliphatic carbocycles. The summed E-state index contributed by atoms with van der Waals surface area (Å²) >= 11 is 0. The van der Waals surface area contributed by atoms with Crippen molar-refractivity contribution in [2.75, 3.05) is 0 Å². The third-order valence-electron chi connectivity index (χ3n) is 8.41. The summed E-state index contributed by atoms with van der Waals surface area (Å²) in [4.78, 5) is 0. The number of benzene rings is 8. The summed E-state index contributed by atoms with van der Waals surface area (Å²) in [6, 6.07) is 55.4. The van der Waals surface area contributed by atoms with Crippen LogP contribution in [0.5, 0.6) is 0 Å². The van der Waals surface area contributed by atoms with Crippen LogP contribution in [0.3, 0.4) is 0 Å². The van der Waals surface area contributed by atoms with Gasteiger partial charge in [0.15, 0.2) is 0 Å². The van der Waals surface area contributed by atoms with E-state index in [1.165, 1.54) is 54.2 Å². The van der Waals surface area contributed by atoms with Crippen molar-refractivity contribution in [1.29, 1.82) is 0 Å². The minimum Gasteiger partial charge on any atom is -0.317 e. The normalized spacial score (nSPS) is 11.6. The second-order valence-corrected chi connectivity index (χ2v) is 12.7. The molecule has 0 fully saturated rings. The maximum Gasteiger partial charge on any atom is 0.131 e. The van der Waals surface area contributed by atoms with Crippen LogP contribution < -0.4 is 10.6 Å². The molecule has 198 valence electrons. The van der Waals surface area contributed by atoms with E-state index in [0.29, 0.717) is 0 Å². The molecule has 0 N–H and O–H groups in total. The molecule has 8 aromatic carbocycles. The van der Waals surface area contributed by atoms with Gasteiger partial charge in [-0.25, -0.2) is 0 Å². The van der Waals surface area contributed by atoms with Crippen molar-refractivity contribution in [3.05, 3.63) is 158 Å². The zero-order valence-corrected chi connectivity index (χ0v) is 23.9. The summed E-state index contributed by atoms with van der Waals surface area (Å²) in [5.41, 5.74) is 4.72. The van der Waals surface area contributed by atoms with E-state index in [-0.39, 0.29) is 0 Å². The van der Waals surface area contributed by atoms with E-state index in [0.717, 1.165) is 21.7 Å². The lowest BCUT2D eigenvalue weighted by atomic mass is 9.92. The van der Waals surface area contributed by atoms with Crippen LogP contribution in [-0.2, 0) is 4.57 Å². The second kappa shape index (κ2) is 10.1.